The van der Waals surface area contributed by atoms with Gasteiger partial charge in [0.25, 0.3) is 5.79 Å². The molecule has 0 spiro atoms. The Morgan fingerprint density at radius 1 is 1.73 bits per heavy atom. The lowest BCUT2D eigenvalue weighted by Gasteiger charge is -2.20. The minimum atomic E-state index is -1.27. The number of aldehydes is 1. The summed E-state index contributed by atoms with van der Waals surface area (Å²) in [4.78, 5) is 20.8. The Labute approximate surface area is 63.2 Å². The molecule has 1 heterocycles. The Hall–Kier alpha value is -1.10. The van der Waals surface area contributed by atoms with E-state index in [1.165, 1.54) is 14.0 Å². The Bertz CT molecular complexity index is 189. The number of ether oxygens (including phenoxy) is 3. The van der Waals surface area contributed by atoms with Gasteiger partial charge in [0.1, 0.15) is 0 Å². The lowest BCUT2D eigenvalue weighted by molar-refractivity contribution is -0.171. The van der Waals surface area contributed by atoms with Crippen molar-refractivity contribution in [3.8, 4) is 0 Å². The van der Waals surface area contributed by atoms with E-state index in [1.807, 2.05) is 0 Å². The number of carbonyl (C=O) groups is 2. The van der Waals surface area contributed by atoms with Gasteiger partial charge in [-0.1, -0.05) is 0 Å². The highest BCUT2D eigenvalue weighted by atomic mass is 16.8. The molecule has 0 N–H and O–H groups in total. The SMILES string of the molecule is COC1(C)OC(=O)OC1C=O. The van der Waals surface area contributed by atoms with E-state index >= 15 is 0 Å². The first-order chi connectivity index (χ1) is 5.12. The average molecular weight is 160 g/mol. The third-order valence-electron chi connectivity index (χ3n) is 1.55. The number of rotatable bonds is 2. The number of hydrogen-bond donors (Lipinski definition) is 0. The van der Waals surface area contributed by atoms with Crippen LogP contribution in [0.2, 0.25) is 0 Å². The van der Waals surface area contributed by atoms with Crippen molar-refractivity contribution in [3.05, 3.63) is 0 Å². The summed E-state index contributed by atoms with van der Waals surface area (Å²) in [5.41, 5.74) is 0. The highest BCUT2D eigenvalue weighted by Gasteiger charge is 2.48. The maximum absolute atomic E-state index is 10.5. The van der Waals surface area contributed by atoms with E-state index in [9.17, 15) is 9.59 Å². The van der Waals surface area contributed by atoms with Crippen LogP contribution >= 0.6 is 0 Å². The van der Waals surface area contributed by atoms with Crippen molar-refractivity contribution in [1.82, 2.24) is 0 Å². The van der Waals surface area contributed by atoms with E-state index in [-0.39, 0.29) is 0 Å². The summed E-state index contributed by atoms with van der Waals surface area (Å²) >= 11 is 0. The van der Waals surface area contributed by atoms with E-state index in [0.717, 1.165) is 0 Å². The molecular weight excluding hydrogens is 152 g/mol. The molecule has 0 amide bonds. The van der Waals surface area contributed by atoms with E-state index < -0.39 is 18.0 Å². The normalized spacial score (nSPS) is 36.2. The molecule has 0 aliphatic carbocycles. The second-order valence-electron chi connectivity index (χ2n) is 2.25. The van der Waals surface area contributed by atoms with Crippen molar-refractivity contribution in [2.75, 3.05) is 7.11 Å². The van der Waals surface area contributed by atoms with E-state index in [1.54, 1.807) is 0 Å². The van der Waals surface area contributed by atoms with E-state index in [0.29, 0.717) is 6.29 Å². The molecule has 0 aromatic heterocycles. The van der Waals surface area contributed by atoms with Crippen LogP contribution < -0.4 is 0 Å². The minimum absolute atomic E-state index is 0.467. The van der Waals surface area contributed by atoms with Crippen LogP contribution in [0.1, 0.15) is 6.92 Å². The van der Waals surface area contributed by atoms with Crippen molar-refractivity contribution in [2.24, 2.45) is 0 Å². The quantitative estimate of drug-likeness (QED) is 0.423. The molecule has 1 rings (SSSR count). The summed E-state index contributed by atoms with van der Waals surface area (Å²) in [6, 6.07) is 0. The maximum Gasteiger partial charge on any atom is 0.511 e. The highest BCUT2D eigenvalue weighted by molar-refractivity contribution is 5.71. The zero-order chi connectivity index (χ0) is 8.48. The van der Waals surface area contributed by atoms with Crippen LogP contribution in [0.3, 0.4) is 0 Å². The molecule has 0 radical (unpaired) electrons. The average Bonchev–Trinajstić information content (AvgIpc) is 2.27. The first-order valence-electron chi connectivity index (χ1n) is 3.02. The van der Waals surface area contributed by atoms with Crippen molar-refractivity contribution in [1.29, 1.82) is 0 Å². The first-order valence-corrected chi connectivity index (χ1v) is 3.02. The molecular formula is C6H8O5. The molecule has 1 saturated heterocycles. The first kappa shape index (κ1) is 8.00. The molecule has 0 aromatic rings. The van der Waals surface area contributed by atoms with Gasteiger partial charge in [0.15, 0.2) is 6.29 Å². The highest BCUT2D eigenvalue weighted by Crippen LogP contribution is 2.25. The van der Waals surface area contributed by atoms with E-state index in [2.05, 4.69) is 9.47 Å². The van der Waals surface area contributed by atoms with Gasteiger partial charge in [0.05, 0.1) is 0 Å². The van der Waals surface area contributed by atoms with Crippen molar-refractivity contribution < 1.29 is 23.8 Å². The van der Waals surface area contributed by atoms with Gasteiger partial charge >= 0.3 is 6.16 Å². The van der Waals surface area contributed by atoms with Gasteiger partial charge in [0, 0.05) is 14.0 Å². The number of hydrogen-bond acceptors (Lipinski definition) is 5. The predicted octanol–water partition coefficient (Wildman–Crippen LogP) is 0.0833. The zero-order valence-corrected chi connectivity index (χ0v) is 6.20. The lowest BCUT2D eigenvalue weighted by Crippen LogP contribution is -2.39. The van der Waals surface area contributed by atoms with E-state index in [4.69, 9.17) is 4.74 Å². The Balaban J connectivity index is 2.79. The molecule has 62 valence electrons. The summed E-state index contributed by atoms with van der Waals surface area (Å²) in [5.74, 6) is -1.27. The zero-order valence-electron chi connectivity index (χ0n) is 6.20. The number of carbonyl (C=O) groups excluding carboxylic acids is 2. The standard InChI is InChI=1S/C6H8O5/c1-6(9-2)4(3-7)10-5(8)11-6/h3-4H,1-2H3. The third kappa shape index (κ3) is 1.19. The number of cyclic esters (lactones) is 2. The van der Waals surface area contributed by atoms with Crippen LogP contribution in [-0.2, 0) is 19.0 Å². The van der Waals surface area contributed by atoms with Crippen LogP contribution in [-0.4, -0.2) is 31.4 Å². The van der Waals surface area contributed by atoms with Gasteiger partial charge in [-0.2, -0.15) is 0 Å². The molecule has 5 heteroatoms. The monoisotopic (exact) mass is 160 g/mol. The van der Waals surface area contributed by atoms with Crippen molar-refractivity contribution in [3.63, 3.8) is 0 Å². The fourth-order valence-corrected chi connectivity index (χ4v) is 0.768. The molecule has 1 aliphatic heterocycles. The summed E-state index contributed by atoms with van der Waals surface area (Å²) in [7, 11) is 1.33. The Kier molecular flexibility index (Phi) is 1.82. The van der Waals surface area contributed by atoms with Crippen LogP contribution in [0.4, 0.5) is 4.79 Å². The van der Waals surface area contributed by atoms with Crippen molar-refractivity contribution >= 4 is 12.4 Å². The van der Waals surface area contributed by atoms with Crippen molar-refractivity contribution in [2.45, 2.75) is 18.8 Å². The van der Waals surface area contributed by atoms with Gasteiger partial charge in [-0.25, -0.2) is 4.79 Å². The van der Waals surface area contributed by atoms with Crippen LogP contribution in [0, 0.1) is 0 Å². The fourth-order valence-electron chi connectivity index (χ4n) is 0.768. The van der Waals surface area contributed by atoms with Crippen LogP contribution in [0.5, 0.6) is 0 Å². The third-order valence-corrected chi connectivity index (χ3v) is 1.55. The molecule has 5 nitrogen and oxygen atoms in total. The molecule has 2 unspecified atom stereocenters. The topological polar surface area (TPSA) is 61.8 Å². The second kappa shape index (κ2) is 2.50. The number of methoxy groups -OCH3 is 1. The lowest BCUT2D eigenvalue weighted by atomic mass is 10.2. The molecule has 0 bridgehead atoms. The van der Waals surface area contributed by atoms with Gasteiger partial charge in [-0.15, -0.1) is 0 Å². The van der Waals surface area contributed by atoms with Crippen LogP contribution in [0.25, 0.3) is 0 Å². The molecule has 1 fully saturated rings. The summed E-state index contributed by atoms with van der Waals surface area (Å²) in [6.45, 7) is 1.46. The fraction of sp³-hybridized carbons (Fsp3) is 0.667. The van der Waals surface area contributed by atoms with Gasteiger partial charge in [0.2, 0.25) is 6.10 Å². The maximum atomic E-state index is 10.5. The van der Waals surface area contributed by atoms with Gasteiger partial charge < -0.3 is 14.2 Å². The molecule has 11 heavy (non-hydrogen) atoms. The van der Waals surface area contributed by atoms with Gasteiger partial charge in [-0.05, 0) is 0 Å². The summed E-state index contributed by atoms with van der Waals surface area (Å²) in [6.07, 6.45) is -1.39. The molecule has 0 saturated carbocycles. The minimum Gasteiger partial charge on any atom is -0.416 e. The largest absolute Gasteiger partial charge is 0.511 e. The molecule has 1 aliphatic rings. The predicted molar refractivity (Wildman–Crippen MR) is 32.8 cm³/mol. The Morgan fingerprint density at radius 3 is 2.73 bits per heavy atom. The smallest absolute Gasteiger partial charge is 0.416 e. The molecule has 2 atom stereocenters. The molecule has 0 aromatic carbocycles. The van der Waals surface area contributed by atoms with Gasteiger partial charge in [-0.3, -0.25) is 4.79 Å². The Morgan fingerprint density at radius 2 is 2.36 bits per heavy atom. The summed E-state index contributed by atoms with van der Waals surface area (Å²) < 4.78 is 13.8. The van der Waals surface area contributed by atoms with Crippen LogP contribution in [0.15, 0.2) is 0 Å². The summed E-state index contributed by atoms with van der Waals surface area (Å²) in [5, 5.41) is 0. The second-order valence-corrected chi connectivity index (χ2v) is 2.25.